The van der Waals surface area contributed by atoms with Crippen molar-refractivity contribution in [2.45, 2.75) is 34.1 Å². The molecule has 0 aliphatic rings. The van der Waals surface area contributed by atoms with Crippen LogP contribution in [-0.4, -0.2) is 12.1 Å². The minimum Gasteiger partial charge on any atom is -0.481 e. The molecule has 1 aromatic carbocycles. The number of nitrogens with zero attached hydrogens (tertiary/aromatic N) is 1. The van der Waals surface area contributed by atoms with Crippen molar-refractivity contribution in [3.63, 3.8) is 0 Å². The molecule has 0 saturated carbocycles. The van der Waals surface area contributed by atoms with Gasteiger partial charge in [-0.3, -0.25) is 0 Å². The van der Waals surface area contributed by atoms with Crippen molar-refractivity contribution in [1.29, 1.82) is 0 Å². The van der Waals surface area contributed by atoms with Gasteiger partial charge in [-0.2, -0.15) is 0 Å². The zero-order valence-electron chi connectivity index (χ0n) is 12.8. The maximum Gasteiger partial charge on any atom is 0.216 e. The average Bonchev–Trinajstić information content (AvgIpc) is 2.46. The fourth-order valence-electron chi connectivity index (χ4n) is 1.67. The van der Waals surface area contributed by atoms with E-state index in [0.29, 0.717) is 0 Å². The number of hydrogen-bond donors (Lipinski definition) is 0. The Labute approximate surface area is 120 Å². The topological polar surface area (TPSA) is 22.1 Å². The normalized spacial score (nSPS) is 9.70. The van der Waals surface area contributed by atoms with Gasteiger partial charge in [0.05, 0.1) is 7.11 Å². The standard InChI is InChI=1S/C9H13NO.C8H9F/c1-4-8-6-5-7(2)9(10-8)11-3;1-6-4-3-5-8(9)7(6)2/h5-6H,4H2,1-3H3;3-5H,1-2H3. The molecule has 0 atom stereocenters. The van der Waals surface area contributed by atoms with Gasteiger partial charge in [0.1, 0.15) is 5.82 Å². The van der Waals surface area contributed by atoms with E-state index in [2.05, 4.69) is 11.9 Å². The minimum absolute atomic E-state index is 0.116. The van der Waals surface area contributed by atoms with E-state index >= 15 is 0 Å². The Hall–Kier alpha value is -1.90. The predicted octanol–water partition coefficient (Wildman–Crippen LogP) is 4.40. The summed E-state index contributed by atoms with van der Waals surface area (Å²) in [7, 11) is 1.65. The summed E-state index contributed by atoms with van der Waals surface area (Å²) in [6.07, 6.45) is 0.955. The van der Waals surface area contributed by atoms with Crippen molar-refractivity contribution in [1.82, 2.24) is 4.98 Å². The first-order chi connectivity index (χ1) is 9.49. The fraction of sp³-hybridized carbons (Fsp3) is 0.353. The zero-order chi connectivity index (χ0) is 15.1. The Balaban J connectivity index is 0.000000204. The van der Waals surface area contributed by atoms with Crippen molar-refractivity contribution in [2.24, 2.45) is 0 Å². The molecule has 108 valence electrons. The first kappa shape index (κ1) is 16.2. The molecule has 1 aromatic heterocycles. The second-order valence-electron chi connectivity index (χ2n) is 4.66. The summed E-state index contributed by atoms with van der Waals surface area (Å²) in [5.41, 5.74) is 3.92. The molecule has 2 aromatic rings. The number of pyridine rings is 1. The van der Waals surface area contributed by atoms with Crippen molar-refractivity contribution >= 4 is 0 Å². The third-order valence-corrected chi connectivity index (χ3v) is 3.20. The quantitative estimate of drug-likeness (QED) is 0.810. The van der Waals surface area contributed by atoms with Gasteiger partial charge in [0.15, 0.2) is 0 Å². The van der Waals surface area contributed by atoms with Crippen LogP contribution in [0.15, 0.2) is 30.3 Å². The van der Waals surface area contributed by atoms with E-state index in [1.807, 2.05) is 32.0 Å². The lowest BCUT2D eigenvalue weighted by atomic mass is 10.1. The molecule has 2 nitrogen and oxygen atoms in total. The Morgan fingerprint density at radius 1 is 1.05 bits per heavy atom. The van der Waals surface area contributed by atoms with E-state index in [0.717, 1.165) is 34.7 Å². The van der Waals surface area contributed by atoms with Crippen LogP contribution < -0.4 is 4.74 Å². The lowest BCUT2D eigenvalue weighted by Gasteiger charge is -2.03. The molecule has 0 fully saturated rings. The first-order valence-corrected chi connectivity index (χ1v) is 6.71. The van der Waals surface area contributed by atoms with Crippen molar-refractivity contribution in [3.05, 3.63) is 58.5 Å². The Kier molecular flexibility index (Phi) is 6.16. The van der Waals surface area contributed by atoms with Gasteiger partial charge >= 0.3 is 0 Å². The summed E-state index contributed by atoms with van der Waals surface area (Å²) < 4.78 is 17.7. The van der Waals surface area contributed by atoms with Gasteiger partial charge in [-0.1, -0.05) is 25.1 Å². The Morgan fingerprint density at radius 3 is 2.25 bits per heavy atom. The van der Waals surface area contributed by atoms with Crippen molar-refractivity contribution in [2.75, 3.05) is 7.11 Å². The number of rotatable bonds is 2. The third kappa shape index (κ3) is 4.34. The Bertz CT molecular complexity index is 547. The van der Waals surface area contributed by atoms with Crippen LogP contribution in [0.25, 0.3) is 0 Å². The number of methoxy groups -OCH3 is 1. The van der Waals surface area contributed by atoms with Crippen molar-refractivity contribution < 1.29 is 9.13 Å². The monoisotopic (exact) mass is 275 g/mol. The Morgan fingerprint density at radius 2 is 1.75 bits per heavy atom. The lowest BCUT2D eigenvalue weighted by Crippen LogP contribution is -1.94. The highest BCUT2D eigenvalue weighted by molar-refractivity contribution is 5.26. The van der Waals surface area contributed by atoms with Gasteiger partial charge < -0.3 is 4.74 Å². The summed E-state index contributed by atoms with van der Waals surface area (Å²) in [5.74, 6) is 0.624. The third-order valence-electron chi connectivity index (χ3n) is 3.20. The second kappa shape index (κ2) is 7.63. The molecule has 0 amide bonds. The minimum atomic E-state index is -0.116. The number of hydrogen-bond acceptors (Lipinski definition) is 2. The maximum atomic E-state index is 12.6. The van der Waals surface area contributed by atoms with Crippen LogP contribution in [0.2, 0.25) is 0 Å². The molecule has 0 spiro atoms. The predicted molar refractivity (Wildman–Crippen MR) is 80.8 cm³/mol. The van der Waals surface area contributed by atoms with E-state index in [-0.39, 0.29) is 5.82 Å². The molecule has 0 saturated heterocycles. The molecule has 2 rings (SSSR count). The van der Waals surface area contributed by atoms with E-state index in [4.69, 9.17) is 4.74 Å². The maximum absolute atomic E-state index is 12.6. The molecule has 1 heterocycles. The van der Waals surface area contributed by atoms with E-state index < -0.39 is 0 Å². The van der Waals surface area contributed by atoms with Crippen LogP contribution in [0, 0.1) is 26.6 Å². The SMILES string of the molecule is CCc1ccc(C)c(OC)n1.Cc1cccc(F)c1C. The molecular weight excluding hydrogens is 253 g/mol. The van der Waals surface area contributed by atoms with Crippen molar-refractivity contribution in [3.8, 4) is 5.88 Å². The highest BCUT2D eigenvalue weighted by Gasteiger charge is 1.99. The molecule has 0 unspecified atom stereocenters. The van der Waals surface area contributed by atoms with Gasteiger partial charge in [0.2, 0.25) is 5.88 Å². The van der Waals surface area contributed by atoms with Crippen LogP contribution in [0.1, 0.15) is 29.3 Å². The van der Waals surface area contributed by atoms with Gasteiger partial charge in [-0.05, 0) is 50.5 Å². The number of halogens is 1. The fourth-order valence-corrected chi connectivity index (χ4v) is 1.67. The number of aromatic nitrogens is 1. The number of benzene rings is 1. The highest BCUT2D eigenvalue weighted by Crippen LogP contribution is 2.14. The molecule has 0 bridgehead atoms. The number of aryl methyl sites for hydroxylation is 3. The van der Waals surface area contributed by atoms with Gasteiger partial charge in [0, 0.05) is 11.3 Å². The zero-order valence-corrected chi connectivity index (χ0v) is 12.8. The smallest absolute Gasteiger partial charge is 0.216 e. The summed E-state index contributed by atoms with van der Waals surface area (Å²) in [4.78, 5) is 4.29. The lowest BCUT2D eigenvalue weighted by molar-refractivity contribution is 0.393. The summed E-state index contributed by atoms with van der Waals surface area (Å²) in [6.45, 7) is 7.76. The van der Waals surface area contributed by atoms with Crippen LogP contribution >= 0.6 is 0 Å². The molecule has 0 N–H and O–H groups in total. The summed E-state index contributed by atoms with van der Waals surface area (Å²) >= 11 is 0. The summed E-state index contributed by atoms with van der Waals surface area (Å²) in [6, 6.07) is 9.15. The van der Waals surface area contributed by atoms with Gasteiger partial charge in [-0.25, -0.2) is 9.37 Å². The molecule has 0 radical (unpaired) electrons. The largest absolute Gasteiger partial charge is 0.481 e. The van der Waals surface area contributed by atoms with Crippen LogP contribution in [-0.2, 0) is 6.42 Å². The van der Waals surface area contributed by atoms with Gasteiger partial charge in [-0.15, -0.1) is 0 Å². The molecular formula is C17H22FNO. The molecule has 0 aliphatic carbocycles. The highest BCUT2D eigenvalue weighted by atomic mass is 19.1. The van der Waals surface area contributed by atoms with Gasteiger partial charge in [0.25, 0.3) is 0 Å². The second-order valence-corrected chi connectivity index (χ2v) is 4.66. The summed E-state index contributed by atoms with van der Waals surface area (Å²) in [5, 5.41) is 0. The molecule has 3 heteroatoms. The van der Waals surface area contributed by atoms with E-state index in [9.17, 15) is 4.39 Å². The van der Waals surface area contributed by atoms with Crippen LogP contribution in [0.5, 0.6) is 5.88 Å². The number of ether oxygens (including phenoxy) is 1. The molecule has 20 heavy (non-hydrogen) atoms. The molecule has 0 aliphatic heterocycles. The van der Waals surface area contributed by atoms with Crippen LogP contribution in [0.4, 0.5) is 4.39 Å². The van der Waals surface area contributed by atoms with E-state index in [1.54, 1.807) is 20.1 Å². The van der Waals surface area contributed by atoms with Crippen LogP contribution in [0.3, 0.4) is 0 Å². The first-order valence-electron chi connectivity index (χ1n) is 6.71. The average molecular weight is 275 g/mol. The van der Waals surface area contributed by atoms with E-state index in [1.165, 1.54) is 6.07 Å².